The lowest BCUT2D eigenvalue weighted by Gasteiger charge is -2.17. The Kier molecular flexibility index (Phi) is 4.92. The zero-order chi connectivity index (χ0) is 19.7. The molecule has 0 spiro atoms. The average Bonchev–Trinajstić information content (AvgIpc) is 3.10. The Balaban J connectivity index is 1.69. The van der Waals surface area contributed by atoms with Gasteiger partial charge in [0, 0.05) is 23.4 Å². The zero-order valence-electron chi connectivity index (χ0n) is 15.0. The lowest BCUT2D eigenvalue weighted by molar-refractivity contribution is -0.131. The highest BCUT2D eigenvalue weighted by molar-refractivity contribution is 7.89. The van der Waals surface area contributed by atoms with Crippen molar-refractivity contribution in [1.29, 1.82) is 0 Å². The van der Waals surface area contributed by atoms with Gasteiger partial charge < -0.3 is 4.42 Å². The third-order valence-electron chi connectivity index (χ3n) is 5.02. The molecule has 1 amide bonds. The molecule has 1 aliphatic carbocycles. The van der Waals surface area contributed by atoms with E-state index in [2.05, 4.69) is 4.72 Å². The van der Waals surface area contributed by atoms with Crippen molar-refractivity contribution in [2.24, 2.45) is 0 Å². The summed E-state index contributed by atoms with van der Waals surface area (Å²) >= 11 is 0. The minimum atomic E-state index is -4.04. The van der Waals surface area contributed by atoms with E-state index in [0.29, 0.717) is 11.1 Å². The summed E-state index contributed by atoms with van der Waals surface area (Å²) in [5.41, 5.74) is 3.60. The summed E-state index contributed by atoms with van der Waals surface area (Å²) in [5, 5.41) is 9.95. The fourth-order valence-electron chi connectivity index (χ4n) is 3.62. The van der Waals surface area contributed by atoms with Crippen LogP contribution in [-0.2, 0) is 27.7 Å². The van der Waals surface area contributed by atoms with Crippen LogP contribution in [0, 0.1) is 0 Å². The molecule has 1 aliphatic rings. The molecular formula is C20H20N2O5S. The van der Waals surface area contributed by atoms with Gasteiger partial charge in [-0.2, -0.15) is 4.72 Å². The van der Waals surface area contributed by atoms with Gasteiger partial charge >= 0.3 is 0 Å². The van der Waals surface area contributed by atoms with E-state index in [1.54, 1.807) is 36.4 Å². The van der Waals surface area contributed by atoms with Gasteiger partial charge in [0.1, 0.15) is 17.4 Å². The number of rotatable bonds is 5. The molecule has 3 aromatic rings. The number of hydrogen-bond acceptors (Lipinski definition) is 5. The fraction of sp³-hybridized carbons (Fsp3) is 0.250. The first-order chi connectivity index (χ1) is 13.5. The van der Waals surface area contributed by atoms with Crippen molar-refractivity contribution in [2.45, 2.75) is 36.6 Å². The molecule has 146 valence electrons. The Morgan fingerprint density at radius 2 is 1.82 bits per heavy atom. The van der Waals surface area contributed by atoms with Crippen molar-refractivity contribution < 1.29 is 22.8 Å². The molecule has 3 N–H and O–H groups in total. The molecule has 8 heteroatoms. The fourth-order valence-corrected chi connectivity index (χ4v) is 4.82. The largest absolute Gasteiger partial charge is 0.461 e. The van der Waals surface area contributed by atoms with Crippen molar-refractivity contribution in [3.05, 3.63) is 65.4 Å². The summed E-state index contributed by atoms with van der Waals surface area (Å²) in [7, 11) is -4.04. The molecular weight excluding hydrogens is 380 g/mol. The molecule has 0 saturated carbocycles. The van der Waals surface area contributed by atoms with Gasteiger partial charge in [0.2, 0.25) is 10.0 Å². The molecule has 1 atom stereocenters. The Morgan fingerprint density at radius 1 is 1.07 bits per heavy atom. The number of furan rings is 1. The maximum atomic E-state index is 12.9. The lowest BCUT2D eigenvalue weighted by Crippen LogP contribution is -2.39. The van der Waals surface area contributed by atoms with Crippen LogP contribution in [0.2, 0.25) is 0 Å². The summed E-state index contributed by atoms with van der Waals surface area (Å²) in [6.45, 7) is 0. The second kappa shape index (κ2) is 7.38. The highest BCUT2D eigenvalue weighted by Gasteiger charge is 2.28. The van der Waals surface area contributed by atoms with Crippen molar-refractivity contribution in [2.75, 3.05) is 0 Å². The maximum absolute atomic E-state index is 12.9. The van der Waals surface area contributed by atoms with Crippen LogP contribution in [0.3, 0.4) is 0 Å². The molecule has 0 fully saturated rings. The van der Waals surface area contributed by atoms with Gasteiger partial charge in [0.05, 0.1) is 4.90 Å². The standard InChI is InChI=1S/C20H20N2O5S/c23-20(21-24)19(13-6-2-1-3-7-13)22-28(25,26)14-10-11-16-15-8-4-5-9-17(15)27-18(16)12-14/h1-3,6-7,10-12,19,22,24H,4-5,8-9H2,(H,21,23)/t19-/m0/s1. The summed E-state index contributed by atoms with van der Waals surface area (Å²) in [6, 6.07) is 11.8. The second-order valence-electron chi connectivity index (χ2n) is 6.81. The summed E-state index contributed by atoms with van der Waals surface area (Å²) < 4.78 is 34.1. The first kappa shape index (κ1) is 18.7. The van der Waals surface area contributed by atoms with E-state index >= 15 is 0 Å². The van der Waals surface area contributed by atoms with Crippen LogP contribution >= 0.6 is 0 Å². The molecule has 0 aliphatic heterocycles. The van der Waals surface area contributed by atoms with E-state index in [9.17, 15) is 13.2 Å². The first-order valence-electron chi connectivity index (χ1n) is 9.05. The molecule has 0 radical (unpaired) electrons. The number of carbonyl (C=O) groups excluding carboxylic acids is 1. The summed E-state index contributed by atoms with van der Waals surface area (Å²) in [4.78, 5) is 12.1. The van der Waals surface area contributed by atoms with Crippen molar-refractivity contribution >= 4 is 26.9 Å². The van der Waals surface area contributed by atoms with Crippen LogP contribution in [0.15, 0.2) is 57.8 Å². The smallest absolute Gasteiger partial charge is 0.266 e. The zero-order valence-corrected chi connectivity index (χ0v) is 15.8. The lowest BCUT2D eigenvalue weighted by atomic mass is 9.96. The van der Waals surface area contributed by atoms with Crippen molar-refractivity contribution in [1.82, 2.24) is 10.2 Å². The van der Waals surface area contributed by atoms with E-state index in [-0.39, 0.29) is 4.90 Å². The number of benzene rings is 2. The predicted molar refractivity (Wildman–Crippen MR) is 102 cm³/mol. The summed E-state index contributed by atoms with van der Waals surface area (Å²) in [6.07, 6.45) is 3.95. The highest BCUT2D eigenvalue weighted by atomic mass is 32.2. The third-order valence-corrected chi connectivity index (χ3v) is 6.44. The molecule has 0 bridgehead atoms. The Labute approximate surface area is 162 Å². The SMILES string of the molecule is O=C(NO)[C@@H](NS(=O)(=O)c1ccc2c3c(oc2c1)CCCC3)c1ccccc1. The molecule has 2 aromatic carbocycles. The van der Waals surface area contributed by atoms with E-state index in [1.165, 1.54) is 17.6 Å². The number of carbonyl (C=O) groups is 1. The topological polar surface area (TPSA) is 109 Å². The number of fused-ring (bicyclic) bond motifs is 3. The molecule has 4 rings (SSSR count). The van der Waals surface area contributed by atoms with Crippen LogP contribution in [0.5, 0.6) is 0 Å². The molecule has 1 heterocycles. The van der Waals surface area contributed by atoms with Crippen LogP contribution in [0.4, 0.5) is 0 Å². The predicted octanol–water partition coefficient (Wildman–Crippen LogP) is 2.84. The van der Waals surface area contributed by atoms with Gasteiger partial charge in [-0.1, -0.05) is 30.3 Å². The van der Waals surface area contributed by atoms with Crippen molar-refractivity contribution in [3.63, 3.8) is 0 Å². The third kappa shape index (κ3) is 3.42. The molecule has 1 aromatic heterocycles. The minimum absolute atomic E-state index is 0.00207. The van der Waals surface area contributed by atoms with Crippen LogP contribution in [0.25, 0.3) is 11.0 Å². The van der Waals surface area contributed by atoms with E-state index in [1.807, 2.05) is 0 Å². The molecule has 0 unspecified atom stereocenters. The van der Waals surface area contributed by atoms with Gasteiger partial charge in [0.25, 0.3) is 5.91 Å². The number of nitrogens with one attached hydrogen (secondary N) is 2. The summed E-state index contributed by atoms with van der Waals surface area (Å²) in [5.74, 6) is 0.0508. The van der Waals surface area contributed by atoms with Gasteiger partial charge in [0.15, 0.2) is 0 Å². The van der Waals surface area contributed by atoms with Crippen LogP contribution < -0.4 is 10.2 Å². The Morgan fingerprint density at radius 3 is 2.57 bits per heavy atom. The molecule has 28 heavy (non-hydrogen) atoms. The van der Waals surface area contributed by atoms with E-state index < -0.39 is 22.0 Å². The van der Waals surface area contributed by atoms with Gasteiger partial charge in [-0.05, 0) is 37.0 Å². The number of sulfonamides is 1. The first-order valence-corrected chi connectivity index (χ1v) is 10.5. The van der Waals surface area contributed by atoms with Gasteiger partial charge in [-0.25, -0.2) is 13.9 Å². The van der Waals surface area contributed by atoms with Crippen LogP contribution in [-0.4, -0.2) is 19.5 Å². The molecule has 7 nitrogen and oxygen atoms in total. The number of hydrogen-bond donors (Lipinski definition) is 3. The number of aryl methyl sites for hydroxylation is 2. The van der Waals surface area contributed by atoms with Gasteiger partial charge in [-0.3, -0.25) is 10.0 Å². The maximum Gasteiger partial charge on any atom is 0.266 e. The normalized spacial score (nSPS) is 15.2. The van der Waals surface area contributed by atoms with Crippen molar-refractivity contribution in [3.8, 4) is 0 Å². The Hall–Kier alpha value is -2.68. The van der Waals surface area contributed by atoms with E-state index in [4.69, 9.17) is 9.62 Å². The molecule has 0 saturated heterocycles. The number of hydroxylamine groups is 1. The quantitative estimate of drug-likeness (QED) is 0.451. The van der Waals surface area contributed by atoms with E-state index in [0.717, 1.165) is 42.4 Å². The van der Waals surface area contributed by atoms with Gasteiger partial charge in [-0.15, -0.1) is 0 Å². The second-order valence-corrected chi connectivity index (χ2v) is 8.52. The Bertz CT molecular complexity index is 1120. The average molecular weight is 400 g/mol. The number of amides is 1. The monoisotopic (exact) mass is 400 g/mol. The van der Waals surface area contributed by atoms with Crippen LogP contribution in [0.1, 0.15) is 35.8 Å². The minimum Gasteiger partial charge on any atom is -0.461 e. The highest BCUT2D eigenvalue weighted by Crippen LogP contribution is 2.33.